The van der Waals surface area contributed by atoms with Crippen LogP contribution in [-0.4, -0.2) is 4.98 Å². The lowest BCUT2D eigenvalue weighted by atomic mass is 9.86. The maximum atomic E-state index is 9.69. The third kappa shape index (κ3) is 4.13. The van der Waals surface area contributed by atoms with Gasteiger partial charge in [-0.15, -0.1) is 11.3 Å². The Morgan fingerprint density at radius 3 is 2.38 bits per heavy atom. The molecule has 142 valence electrons. The summed E-state index contributed by atoms with van der Waals surface area (Å²) in [4.78, 5) is 4.74. The number of fused-ring (bicyclic) bond motifs is 1. The molecule has 0 unspecified atom stereocenters. The molecular formula is C26H22N2S. The molecule has 0 bridgehead atoms. The van der Waals surface area contributed by atoms with Crippen LogP contribution in [-0.2, 0) is 5.41 Å². The number of nitriles is 1. The van der Waals surface area contributed by atoms with Crippen LogP contribution >= 0.6 is 11.3 Å². The Bertz CT molecular complexity index is 1230. The third-order valence-electron chi connectivity index (χ3n) is 4.99. The maximum absolute atomic E-state index is 9.69. The quantitative estimate of drug-likeness (QED) is 0.341. The van der Waals surface area contributed by atoms with E-state index in [0.29, 0.717) is 5.57 Å². The van der Waals surface area contributed by atoms with Crippen molar-refractivity contribution in [2.75, 3.05) is 0 Å². The monoisotopic (exact) mass is 394 g/mol. The molecule has 0 aliphatic rings. The molecule has 3 heteroatoms. The molecule has 0 amide bonds. The van der Waals surface area contributed by atoms with Gasteiger partial charge in [0, 0.05) is 10.9 Å². The normalized spacial score (nSPS) is 12.1. The predicted molar refractivity (Wildman–Crippen MR) is 124 cm³/mol. The second-order valence-electron chi connectivity index (χ2n) is 8.14. The minimum atomic E-state index is 0.115. The van der Waals surface area contributed by atoms with Crippen molar-refractivity contribution in [3.05, 3.63) is 88.2 Å². The van der Waals surface area contributed by atoms with Crippen LogP contribution in [0.5, 0.6) is 0 Å². The molecule has 0 atom stereocenters. The van der Waals surface area contributed by atoms with E-state index in [1.807, 2.05) is 23.6 Å². The highest BCUT2D eigenvalue weighted by molar-refractivity contribution is 7.11. The zero-order valence-corrected chi connectivity index (χ0v) is 17.6. The molecule has 1 heterocycles. The lowest BCUT2D eigenvalue weighted by molar-refractivity contribution is 0.590. The van der Waals surface area contributed by atoms with Gasteiger partial charge in [0.25, 0.3) is 0 Å². The maximum Gasteiger partial charge on any atom is 0.134 e. The first kappa shape index (κ1) is 19.1. The summed E-state index contributed by atoms with van der Waals surface area (Å²) in [5, 5.41) is 14.9. The first-order chi connectivity index (χ1) is 13.9. The summed E-state index contributed by atoms with van der Waals surface area (Å²) in [5.41, 5.74) is 4.96. The molecule has 0 fully saturated rings. The van der Waals surface area contributed by atoms with Crippen LogP contribution in [0.15, 0.2) is 72.1 Å². The molecule has 1 aromatic heterocycles. The molecule has 2 nitrogen and oxygen atoms in total. The molecule has 0 aliphatic heterocycles. The Morgan fingerprint density at radius 1 is 0.966 bits per heavy atom. The fraction of sp³-hybridized carbons (Fsp3) is 0.154. The van der Waals surface area contributed by atoms with Gasteiger partial charge in [-0.05, 0) is 39.5 Å². The van der Waals surface area contributed by atoms with E-state index in [-0.39, 0.29) is 5.41 Å². The van der Waals surface area contributed by atoms with Gasteiger partial charge in [0.1, 0.15) is 11.1 Å². The van der Waals surface area contributed by atoms with Gasteiger partial charge in [-0.3, -0.25) is 0 Å². The average Bonchev–Trinajstić information content (AvgIpc) is 3.21. The number of allylic oxidation sites excluding steroid dienone is 1. The van der Waals surface area contributed by atoms with E-state index in [1.54, 1.807) is 0 Å². The number of rotatable bonds is 3. The Kier molecular flexibility index (Phi) is 5.05. The Morgan fingerprint density at radius 2 is 1.69 bits per heavy atom. The number of hydrogen-bond acceptors (Lipinski definition) is 3. The second-order valence-corrected chi connectivity index (χ2v) is 9.00. The number of benzene rings is 3. The minimum Gasteiger partial charge on any atom is -0.235 e. The van der Waals surface area contributed by atoms with Gasteiger partial charge in [0.2, 0.25) is 0 Å². The zero-order chi connectivity index (χ0) is 20.4. The molecule has 4 aromatic rings. The molecule has 3 aromatic carbocycles. The van der Waals surface area contributed by atoms with Crippen LogP contribution in [0.2, 0.25) is 0 Å². The summed E-state index contributed by atoms with van der Waals surface area (Å²) in [6.45, 7) is 6.59. The molecule has 0 saturated heterocycles. The van der Waals surface area contributed by atoms with Crippen molar-refractivity contribution in [3.8, 4) is 17.3 Å². The van der Waals surface area contributed by atoms with Crippen LogP contribution in [0.1, 0.15) is 36.9 Å². The topological polar surface area (TPSA) is 36.7 Å². The predicted octanol–water partition coefficient (Wildman–Crippen LogP) is 7.32. The van der Waals surface area contributed by atoms with E-state index in [2.05, 4.69) is 81.4 Å². The first-order valence-electron chi connectivity index (χ1n) is 9.61. The largest absolute Gasteiger partial charge is 0.235 e. The molecule has 0 saturated carbocycles. The fourth-order valence-corrected chi connectivity index (χ4v) is 4.06. The van der Waals surface area contributed by atoms with Crippen LogP contribution < -0.4 is 0 Å². The SMILES string of the molecule is CC(C)(C)c1ccc(/C=C(\C#N)c2nc(-c3ccc4ccccc4c3)cs2)cc1. The van der Waals surface area contributed by atoms with E-state index >= 15 is 0 Å². The number of hydrogen-bond donors (Lipinski definition) is 0. The van der Waals surface area contributed by atoms with E-state index < -0.39 is 0 Å². The highest BCUT2D eigenvalue weighted by Crippen LogP contribution is 2.29. The van der Waals surface area contributed by atoms with E-state index in [9.17, 15) is 5.26 Å². The summed E-state index contributed by atoms with van der Waals surface area (Å²) in [5.74, 6) is 0. The Labute approximate surface area is 175 Å². The van der Waals surface area contributed by atoms with Crippen molar-refractivity contribution in [2.24, 2.45) is 0 Å². The first-order valence-corrected chi connectivity index (χ1v) is 10.5. The van der Waals surface area contributed by atoms with Crippen LogP contribution in [0.4, 0.5) is 0 Å². The summed E-state index contributed by atoms with van der Waals surface area (Å²) >= 11 is 1.51. The van der Waals surface area contributed by atoms with Gasteiger partial charge >= 0.3 is 0 Å². The van der Waals surface area contributed by atoms with Crippen LogP contribution in [0.25, 0.3) is 33.7 Å². The van der Waals surface area contributed by atoms with Gasteiger partial charge in [0.15, 0.2) is 0 Å². The van der Waals surface area contributed by atoms with Crippen molar-refractivity contribution in [3.63, 3.8) is 0 Å². The molecule has 29 heavy (non-hydrogen) atoms. The number of aromatic nitrogens is 1. The molecule has 0 radical (unpaired) electrons. The Hall–Kier alpha value is -3.22. The second kappa shape index (κ2) is 7.66. The highest BCUT2D eigenvalue weighted by Gasteiger charge is 2.13. The molecule has 4 rings (SSSR count). The summed E-state index contributed by atoms with van der Waals surface area (Å²) < 4.78 is 0. The zero-order valence-electron chi connectivity index (χ0n) is 16.8. The molecule has 0 N–H and O–H groups in total. The molecule has 0 aliphatic carbocycles. The highest BCUT2D eigenvalue weighted by atomic mass is 32.1. The van der Waals surface area contributed by atoms with Gasteiger partial charge < -0.3 is 0 Å². The summed E-state index contributed by atoms with van der Waals surface area (Å²) in [6.07, 6.45) is 1.91. The van der Waals surface area contributed by atoms with E-state index in [0.717, 1.165) is 21.8 Å². The van der Waals surface area contributed by atoms with Gasteiger partial charge in [-0.1, -0.05) is 81.4 Å². The lowest BCUT2D eigenvalue weighted by Gasteiger charge is -2.18. The standard InChI is InChI=1S/C26H22N2S/c1-26(2,3)23-12-8-18(9-13-23)14-22(16-27)25-28-24(17-29-25)21-11-10-19-6-4-5-7-20(19)15-21/h4-15,17H,1-3H3/b22-14+. The smallest absolute Gasteiger partial charge is 0.134 e. The van der Waals surface area contributed by atoms with Crippen molar-refractivity contribution >= 4 is 33.8 Å². The Balaban J connectivity index is 1.64. The molecule has 0 spiro atoms. The van der Waals surface area contributed by atoms with E-state index in [4.69, 9.17) is 4.98 Å². The van der Waals surface area contributed by atoms with Crippen molar-refractivity contribution < 1.29 is 0 Å². The number of nitrogens with zero attached hydrogens (tertiary/aromatic N) is 2. The summed E-state index contributed by atoms with van der Waals surface area (Å²) in [7, 11) is 0. The fourth-order valence-electron chi connectivity index (χ4n) is 3.27. The van der Waals surface area contributed by atoms with Crippen molar-refractivity contribution in [2.45, 2.75) is 26.2 Å². The van der Waals surface area contributed by atoms with Gasteiger partial charge in [-0.2, -0.15) is 5.26 Å². The van der Waals surface area contributed by atoms with Crippen LogP contribution in [0.3, 0.4) is 0 Å². The van der Waals surface area contributed by atoms with Gasteiger partial charge in [-0.25, -0.2) is 4.98 Å². The van der Waals surface area contributed by atoms with Gasteiger partial charge in [0.05, 0.1) is 11.3 Å². The molecular weight excluding hydrogens is 372 g/mol. The average molecular weight is 395 g/mol. The van der Waals surface area contributed by atoms with Crippen LogP contribution in [0, 0.1) is 11.3 Å². The summed E-state index contributed by atoms with van der Waals surface area (Å²) in [6, 6.07) is 25.3. The third-order valence-corrected chi connectivity index (χ3v) is 5.86. The lowest BCUT2D eigenvalue weighted by Crippen LogP contribution is -2.10. The van der Waals surface area contributed by atoms with Crippen molar-refractivity contribution in [1.82, 2.24) is 4.98 Å². The van der Waals surface area contributed by atoms with E-state index in [1.165, 1.54) is 27.7 Å². The minimum absolute atomic E-state index is 0.115. The van der Waals surface area contributed by atoms with Crippen molar-refractivity contribution in [1.29, 1.82) is 5.26 Å². The number of thiazole rings is 1.